The topological polar surface area (TPSA) is 99.7 Å². The molecule has 2 aliphatic heterocycles. The molecular weight excluding hydrogens is 565 g/mol. The Morgan fingerprint density at radius 3 is 2.55 bits per heavy atom. The van der Waals surface area contributed by atoms with E-state index in [-0.39, 0.29) is 45.2 Å². The molecule has 0 spiro atoms. The second kappa shape index (κ2) is 8.87. The SMILES string of the molecule is CCOc1cc([C@@H]2c3sc(=O)[nH]c3S[C@@H]3[C@@H]4C[C@@H]([C@@H]5C(=O)N(c6cccc(C(F)(F)F)c6)C(=O)[C@@H]45)[C@@H]23)ccc1O. The summed E-state index contributed by atoms with van der Waals surface area (Å²) in [5.74, 6) is -2.58. The van der Waals surface area contributed by atoms with Crippen LogP contribution in [0.1, 0.15) is 35.3 Å². The molecule has 0 radical (unpaired) electrons. The van der Waals surface area contributed by atoms with E-state index in [9.17, 15) is 32.7 Å². The van der Waals surface area contributed by atoms with Crippen LogP contribution in [0, 0.1) is 29.6 Å². The Kier molecular flexibility index (Phi) is 5.70. The molecule has 1 saturated heterocycles. The molecule has 7 nitrogen and oxygen atoms in total. The van der Waals surface area contributed by atoms with Gasteiger partial charge in [-0.3, -0.25) is 19.3 Å². The van der Waals surface area contributed by atoms with Gasteiger partial charge in [-0.25, -0.2) is 0 Å². The molecule has 2 bridgehead atoms. The predicted octanol–water partition coefficient (Wildman–Crippen LogP) is 5.24. The summed E-state index contributed by atoms with van der Waals surface area (Å²) in [6.45, 7) is 2.16. The number of H-pyrrole nitrogens is 1. The van der Waals surface area contributed by atoms with Gasteiger partial charge in [0.25, 0.3) is 0 Å². The van der Waals surface area contributed by atoms with Gasteiger partial charge in [0.1, 0.15) is 0 Å². The molecule has 0 unspecified atom stereocenters. The lowest BCUT2D eigenvalue weighted by molar-refractivity contribution is -0.137. The van der Waals surface area contributed by atoms with Crippen molar-refractivity contribution in [1.82, 2.24) is 4.98 Å². The van der Waals surface area contributed by atoms with Crippen molar-refractivity contribution in [2.45, 2.75) is 35.7 Å². The third-order valence-corrected chi connectivity index (χ3v) is 11.4. The normalized spacial score (nSPS) is 30.4. The first-order chi connectivity index (χ1) is 19.1. The number of halogens is 3. The van der Waals surface area contributed by atoms with Gasteiger partial charge in [0.15, 0.2) is 11.5 Å². The molecule has 3 fully saturated rings. The molecule has 2 aliphatic carbocycles. The highest BCUT2D eigenvalue weighted by molar-refractivity contribution is 8.00. The lowest BCUT2D eigenvalue weighted by Crippen LogP contribution is -2.42. The molecule has 7 atom stereocenters. The van der Waals surface area contributed by atoms with Crippen molar-refractivity contribution in [3.8, 4) is 11.5 Å². The number of fused-ring (bicyclic) bond motifs is 9. The van der Waals surface area contributed by atoms with Gasteiger partial charge in [-0.1, -0.05) is 23.5 Å². The first-order valence-corrected chi connectivity index (χ1v) is 14.7. The fraction of sp³-hybridized carbons (Fsp3) is 0.393. The summed E-state index contributed by atoms with van der Waals surface area (Å²) in [6, 6.07) is 9.48. The van der Waals surface area contributed by atoms with E-state index in [0.29, 0.717) is 18.8 Å². The van der Waals surface area contributed by atoms with E-state index in [4.69, 9.17) is 4.74 Å². The van der Waals surface area contributed by atoms with Crippen molar-refractivity contribution >= 4 is 40.6 Å². The van der Waals surface area contributed by atoms with Gasteiger partial charge in [0.2, 0.25) is 11.8 Å². The van der Waals surface area contributed by atoms with Crippen LogP contribution in [0.5, 0.6) is 11.5 Å². The molecule has 40 heavy (non-hydrogen) atoms. The maximum Gasteiger partial charge on any atom is 0.416 e. The van der Waals surface area contributed by atoms with Gasteiger partial charge in [0.05, 0.1) is 34.7 Å². The number of carbonyl (C=O) groups is 2. The summed E-state index contributed by atoms with van der Waals surface area (Å²) in [7, 11) is 0. The summed E-state index contributed by atoms with van der Waals surface area (Å²) in [5.41, 5.74) is -0.140. The smallest absolute Gasteiger partial charge is 0.416 e. The van der Waals surface area contributed by atoms with E-state index in [1.165, 1.54) is 23.9 Å². The van der Waals surface area contributed by atoms with Crippen molar-refractivity contribution in [2.75, 3.05) is 11.5 Å². The van der Waals surface area contributed by atoms with Crippen LogP contribution in [0.2, 0.25) is 0 Å². The highest BCUT2D eigenvalue weighted by Crippen LogP contribution is 2.68. The first kappa shape index (κ1) is 25.7. The fourth-order valence-corrected chi connectivity index (χ4v) is 10.4. The Labute approximate surface area is 234 Å². The van der Waals surface area contributed by atoms with Gasteiger partial charge >= 0.3 is 11.0 Å². The van der Waals surface area contributed by atoms with Crippen LogP contribution in [0.25, 0.3) is 0 Å². The zero-order chi connectivity index (χ0) is 28.1. The Morgan fingerprint density at radius 1 is 1.07 bits per heavy atom. The van der Waals surface area contributed by atoms with Crippen LogP contribution in [0.15, 0.2) is 52.3 Å². The first-order valence-electron chi connectivity index (χ1n) is 13.0. The number of ether oxygens (including phenoxy) is 1. The number of nitrogens with zero attached hydrogens (tertiary/aromatic N) is 1. The zero-order valence-corrected chi connectivity index (χ0v) is 22.6. The van der Waals surface area contributed by atoms with Crippen LogP contribution >= 0.6 is 23.1 Å². The summed E-state index contributed by atoms with van der Waals surface area (Å²) >= 11 is 2.64. The molecule has 4 aliphatic rings. The fourth-order valence-electron chi connectivity index (χ4n) is 7.46. The number of nitrogens with one attached hydrogen (secondary N) is 1. The van der Waals surface area contributed by atoms with Gasteiger partial charge in [-0.05, 0) is 67.0 Å². The third kappa shape index (κ3) is 3.61. The van der Waals surface area contributed by atoms with Crippen molar-refractivity contribution < 1.29 is 32.6 Å². The quantitative estimate of drug-likeness (QED) is 0.405. The van der Waals surface area contributed by atoms with Crippen LogP contribution in [-0.2, 0) is 15.8 Å². The summed E-state index contributed by atoms with van der Waals surface area (Å²) in [5, 5.41) is 11.0. The lowest BCUT2D eigenvalue weighted by atomic mass is 9.68. The summed E-state index contributed by atoms with van der Waals surface area (Å²) < 4.78 is 45.9. The summed E-state index contributed by atoms with van der Waals surface area (Å²) in [4.78, 5) is 44.5. The molecule has 12 heteroatoms. The van der Waals surface area contributed by atoms with Crippen molar-refractivity contribution in [3.63, 3.8) is 0 Å². The van der Waals surface area contributed by atoms with Crippen molar-refractivity contribution in [1.29, 1.82) is 0 Å². The number of thioether (sulfide) groups is 1. The van der Waals surface area contributed by atoms with Gasteiger partial charge in [0, 0.05) is 16.0 Å². The average molecular weight is 589 g/mol. The number of amides is 2. The van der Waals surface area contributed by atoms with E-state index >= 15 is 0 Å². The van der Waals surface area contributed by atoms with Gasteiger partial charge in [-0.2, -0.15) is 13.2 Å². The second-order valence-corrected chi connectivity index (χ2v) is 12.9. The van der Waals surface area contributed by atoms with Crippen LogP contribution in [0.3, 0.4) is 0 Å². The average Bonchev–Trinajstić information content (AvgIpc) is 3.64. The molecule has 3 aromatic rings. The Balaban J connectivity index is 1.30. The number of hydrogen-bond acceptors (Lipinski definition) is 7. The number of phenols is 1. The largest absolute Gasteiger partial charge is 0.504 e. The molecular formula is C28H23F3N2O5S2. The number of carbonyl (C=O) groups excluding carboxylic acids is 2. The Hall–Kier alpha value is -3.25. The van der Waals surface area contributed by atoms with E-state index in [1.807, 2.05) is 6.92 Å². The maximum absolute atomic E-state index is 13.8. The Morgan fingerprint density at radius 2 is 1.82 bits per heavy atom. The minimum Gasteiger partial charge on any atom is -0.504 e. The molecule has 2 amide bonds. The van der Waals surface area contributed by atoms with Crippen molar-refractivity contribution in [2.24, 2.45) is 29.6 Å². The highest BCUT2D eigenvalue weighted by atomic mass is 32.2. The molecule has 3 heterocycles. The molecule has 1 aromatic heterocycles. The number of benzene rings is 2. The number of anilines is 1. The van der Waals surface area contributed by atoms with Crippen LogP contribution < -0.4 is 14.5 Å². The van der Waals surface area contributed by atoms with Crippen LogP contribution in [0.4, 0.5) is 18.9 Å². The number of imide groups is 1. The minimum absolute atomic E-state index is 0.00360. The maximum atomic E-state index is 13.8. The number of hydrogen-bond donors (Lipinski definition) is 2. The number of rotatable bonds is 4. The van der Waals surface area contributed by atoms with Gasteiger partial charge in [-0.15, -0.1) is 11.8 Å². The Bertz CT molecular complexity index is 1620. The lowest BCUT2D eigenvalue weighted by Gasteiger charge is -2.43. The second-order valence-electron chi connectivity index (χ2n) is 10.7. The molecule has 2 aromatic carbocycles. The van der Waals surface area contributed by atoms with Gasteiger partial charge < -0.3 is 14.8 Å². The minimum atomic E-state index is -4.60. The standard InChI is InChI=1S/C28H23F3N2O5S2/c1-2-38-17-8-11(6-7-16(17)34)18-19-14-10-15(22(19)39-24-23(18)40-27(37)32-24)21-20(14)25(35)33(26(21)36)13-5-3-4-12(9-13)28(29,30)31/h3-9,14-15,18-22,34H,2,10H2,1H3,(H,32,37)/t14-,15-,18+,19+,20+,21+,22-/m1/s1. The number of aromatic hydroxyl groups is 1. The molecule has 2 saturated carbocycles. The number of phenolic OH excluding ortho intramolecular Hbond substituents is 1. The molecule has 208 valence electrons. The third-order valence-electron chi connectivity index (χ3n) is 8.80. The monoisotopic (exact) mass is 588 g/mol. The van der Waals surface area contributed by atoms with E-state index in [2.05, 4.69) is 4.98 Å². The van der Waals surface area contributed by atoms with E-state index < -0.39 is 35.4 Å². The highest BCUT2D eigenvalue weighted by Gasteiger charge is 2.69. The number of aromatic amines is 1. The molecule has 7 rings (SSSR count). The summed E-state index contributed by atoms with van der Waals surface area (Å²) in [6.07, 6.45) is -3.95. The van der Waals surface area contributed by atoms with Crippen molar-refractivity contribution in [3.05, 3.63) is 68.1 Å². The molecule has 2 N–H and O–H groups in total. The van der Waals surface area contributed by atoms with E-state index in [1.54, 1.807) is 18.2 Å². The van der Waals surface area contributed by atoms with Crippen LogP contribution in [-0.4, -0.2) is 33.8 Å². The number of aromatic nitrogens is 1. The van der Waals surface area contributed by atoms with E-state index in [0.717, 1.165) is 43.8 Å². The number of thiazole rings is 1. The zero-order valence-electron chi connectivity index (χ0n) is 21.0. The number of alkyl halides is 3. The predicted molar refractivity (Wildman–Crippen MR) is 142 cm³/mol.